The summed E-state index contributed by atoms with van der Waals surface area (Å²) in [6, 6.07) is 13.6. The van der Waals surface area contributed by atoms with Crippen molar-refractivity contribution in [1.29, 1.82) is 0 Å². The van der Waals surface area contributed by atoms with E-state index >= 15 is 0 Å². The Hall–Kier alpha value is -6.21. The first-order valence-electron chi connectivity index (χ1n) is 17.6. The normalized spacial score (nSPS) is 18.4. The van der Waals surface area contributed by atoms with Crippen LogP contribution >= 0.6 is 0 Å². The number of carbonyl (C=O) groups is 7. The van der Waals surface area contributed by atoms with E-state index in [-0.39, 0.29) is 56.2 Å². The third-order valence-electron chi connectivity index (χ3n) is 8.83. The molecule has 0 aliphatic carbocycles. The van der Waals surface area contributed by atoms with Crippen molar-refractivity contribution in [2.24, 2.45) is 16.5 Å². The van der Waals surface area contributed by atoms with Gasteiger partial charge in [-0.15, -0.1) is 0 Å². The summed E-state index contributed by atoms with van der Waals surface area (Å²) in [6.07, 6.45) is -3.34. The number of carboxylic acids is 2. The lowest BCUT2D eigenvalue weighted by Crippen LogP contribution is -2.60. The summed E-state index contributed by atoms with van der Waals surface area (Å²) in [5, 5.41) is 27.3. The summed E-state index contributed by atoms with van der Waals surface area (Å²) in [5.41, 5.74) is 12.4. The summed E-state index contributed by atoms with van der Waals surface area (Å²) in [5.74, 6) is -6.92. The van der Waals surface area contributed by atoms with Gasteiger partial charge in [-0.05, 0) is 49.7 Å². The van der Waals surface area contributed by atoms with Crippen LogP contribution in [0.4, 0.5) is 13.2 Å². The molecule has 2 heterocycles. The molecule has 0 radical (unpaired) electrons. The first kappa shape index (κ1) is 44.2. The molecule has 2 aliphatic heterocycles. The van der Waals surface area contributed by atoms with Gasteiger partial charge in [-0.3, -0.25) is 33.8 Å². The molecule has 0 bridgehead atoms. The lowest BCUT2D eigenvalue weighted by Gasteiger charge is -2.38. The van der Waals surface area contributed by atoms with Gasteiger partial charge in [0.25, 0.3) is 0 Å². The number of nitrogens with one attached hydrogen (secondary N) is 4. The van der Waals surface area contributed by atoms with Gasteiger partial charge in [-0.25, -0.2) is 4.79 Å². The van der Waals surface area contributed by atoms with Crippen LogP contribution in [0.3, 0.4) is 0 Å². The number of benzene rings is 2. The highest BCUT2D eigenvalue weighted by Crippen LogP contribution is 2.33. The maximum atomic E-state index is 13.7. The molecule has 5 atom stereocenters. The predicted molar refractivity (Wildman–Crippen MR) is 193 cm³/mol. The van der Waals surface area contributed by atoms with E-state index < -0.39 is 66.4 Å². The fraction of sp³-hybridized carbons (Fsp3) is 0.444. The first-order chi connectivity index (χ1) is 26.5. The number of amides is 5. The predicted octanol–water partition coefficient (Wildman–Crippen LogP) is 0.315. The molecular formula is C36H45F3N8O9. The molecule has 56 heavy (non-hydrogen) atoms. The molecule has 0 spiro atoms. The van der Waals surface area contributed by atoms with Crippen molar-refractivity contribution in [1.82, 2.24) is 26.2 Å². The Labute approximate surface area is 319 Å². The average molecular weight is 791 g/mol. The topological polar surface area (TPSA) is 276 Å². The number of piperidine rings is 1. The lowest BCUT2D eigenvalue weighted by atomic mass is 9.97. The standard InChI is InChI=1S/C34H44N8O7.C2HF3O2/c35-34(36)37-17-7-12-24(31(47)41-26(19-29(44)45)30(46)38-20-22-10-5-2-6-11-22)40-32(48)27-16-14-23-13-15-25(33(49)42(23)27)39-28(43)18-21-8-3-1-4-9-21;3-2(4,5)1(6)7/h1-6,8-11,23-27H,7,12-20H2,(H,38,46)(H,39,43)(H,40,48)(H,41,47)(H,44,45)(H4,35,36,37);(H,6,7)/t23?,24?,25?,26-,27-;/m0./s1. The second-order valence-electron chi connectivity index (χ2n) is 13.0. The van der Waals surface area contributed by atoms with Crippen LogP contribution in [0.15, 0.2) is 65.7 Å². The molecule has 0 saturated carbocycles. The molecule has 5 amide bonds. The van der Waals surface area contributed by atoms with Gasteiger partial charge in [0.05, 0.1) is 12.8 Å². The second kappa shape index (κ2) is 21.0. The van der Waals surface area contributed by atoms with E-state index in [1.807, 2.05) is 36.4 Å². The quantitative estimate of drug-likeness (QED) is 0.0651. The van der Waals surface area contributed by atoms with Gasteiger partial charge in [-0.1, -0.05) is 60.7 Å². The Morgan fingerprint density at radius 1 is 0.839 bits per heavy atom. The number of guanidine groups is 1. The van der Waals surface area contributed by atoms with E-state index in [0.717, 1.165) is 11.1 Å². The van der Waals surface area contributed by atoms with Crippen LogP contribution in [-0.4, -0.2) is 105 Å². The van der Waals surface area contributed by atoms with Crippen molar-refractivity contribution in [2.75, 3.05) is 6.54 Å². The minimum atomic E-state index is -5.08. The number of hydrogen-bond acceptors (Lipinski definition) is 8. The highest BCUT2D eigenvalue weighted by molar-refractivity contribution is 5.97. The monoisotopic (exact) mass is 790 g/mol. The molecule has 2 aromatic rings. The summed E-state index contributed by atoms with van der Waals surface area (Å²) in [4.78, 5) is 92.5. The van der Waals surface area contributed by atoms with Crippen LogP contribution in [-0.2, 0) is 46.5 Å². The number of nitrogens with two attached hydrogens (primary N) is 2. The molecule has 3 unspecified atom stereocenters. The van der Waals surface area contributed by atoms with Crippen molar-refractivity contribution < 1.29 is 56.9 Å². The summed E-state index contributed by atoms with van der Waals surface area (Å²) < 4.78 is 31.7. The first-order valence-corrected chi connectivity index (χ1v) is 17.6. The SMILES string of the molecule is NC(N)=NCCCC(NC(=O)[C@@H]1CCC2CCC(NC(=O)Cc3ccccc3)C(=O)N21)C(=O)N[C@@H](CC(=O)O)C(=O)NCc1ccccc1.O=C(O)C(F)(F)F. The van der Waals surface area contributed by atoms with Crippen LogP contribution in [0.25, 0.3) is 0 Å². The van der Waals surface area contributed by atoms with Crippen LogP contribution in [0.5, 0.6) is 0 Å². The van der Waals surface area contributed by atoms with Crippen molar-refractivity contribution in [3.8, 4) is 0 Å². The number of hydrogen-bond donors (Lipinski definition) is 8. The molecule has 20 heteroatoms. The van der Waals surface area contributed by atoms with Gasteiger partial charge >= 0.3 is 18.1 Å². The fourth-order valence-corrected chi connectivity index (χ4v) is 6.19. The molecule has 0 aromatic heterocycles. The smallest absolute Gasteiger partial charge is 0.481 e. The molecule has 2 aliphatic rings. The van der Waals surface area contributed by atoms with E-state index in [2.05, 4.69) is 26.3 Å². The molecule has 10 N–H and O–H groups in total. The second-order valence-corrected chi connectivity index (χ2v) is 13.0. The molecule has 2 fully saturated rings. The molecule has 304 valence electrons. The largest absolute Gasteiger partial charge is 0.490 e. The lowest BCUT2D eigenvalue weighted by molar-refractivity contribution is -0.192. The molecule has 2 saturated heterocycles. The van der Waals surface area contributed by atoms with Crippen molar-refractivity contribution in [2.45, 2.75) is 94.3 Å². The highest BCUT2D eigenvalue weighted by atomic mass is 19.4. The summed E-state index contributed by atoms with van der Waals surface area (Å²) >= 11 is 0. The van der Waals surface area contributed by atoms with E-state index in [0.29, 0.717) is 25.7 Å². The maximum absolute atomic E-state index is 13.7. The zero-order chi connectivity index (χ0) is 41.4. The van der Waals surface area contributed by atoms with Crippen LogP contribution in [0.2, 0.25) is 0 Å². The number of carbonyl (C=O) groups excluding carboxylic acids is 5. The number of halogens is 3. The Morgan fingerprint density at radius 3 is 2.00 bits per heavy atom. The van der Waals surface area contributed by atoms with E-state index in [1.165, 1.54) is 4.90 Å². The number of alkyl halides is 3. The Kier molecular flexibility index (Phi) is 16.6. The van der Waals surface area contributed by atoms with Crippen LogP contribution in [0.1, 0.15) is 56.1 Å². The van der Waals surface area contributed by atoms with Gasteiger partial charge in [0.2, 0.25) is 29.5 Å². The van der Waals surface area contributed by atoms with Gasteiger partial charge in [-0.2, -0.15) is 13.2 Å². The van der Waals surface area contributed by atoms with Crippen molar-refractivity contribution in [3.63, 3.8) is 0 Å². The minimum Gasteiger partial charge on any atom is -0.481 e. The van der Waals surface area contributed by atoms with E-state index in [4.69, 9.17) is 21.4 Å². The zero-order valence-electron chi connectivity index (χ0n) is 30.2. The minimum absolute atomic E-state index is 0.0576. The van der Waals surface area contributed by atoms with E-state index in [1.54, 1.807) is 24.3 Å². The Bertz CT molecular complexity index is 1730. The van der Waals surface area contributed by atoms with Gasteiger partial charge < -0.3 is 47.8 Å². The molecule has 17 nitrogen and oxygen atoms in total. The Balaban J connectivity index is 0.00000109. The number of fused-ring (bicyclic) bond motifs is 1. The number of rotatable bonds is 16. The number of carboxylic acid groups (broad SMARTS) is 2. The van der Waals surface area contributed by atoms with E-state index in [9.17, 15) is 47.0 Å². The molecule has 2 aromatic carbocycles. The molecule has 4 rings (SSSR count). The summed E-state index contributed by atoms with van der Waals surface area (Å²) in [7, 11) is 0. The Morgan fingerprint density at radius 2 is 1.43 bits per heavy atom. The number of aliphatic carboxylic acids is 2. The number of nitrogens with zero attached hydrogens (tertiary/aromatic N) is 2. The summed E-state index contributed by atoms with van der Waals surface area (Å²) in [6.45, 7) is 0.267. The third kappa shape index (κ3) is 14.2. The van der Waals surface area contributed by atoms with Crippen molar-refractivity contribution in [3.05, 3.63) is 71.8 Å². The fourth-order valence-electron chi connectivity index (χ4n) is 6.19. The number of aliphatic imine (C=N–C) groups is 1. The molecular weight excluding hydrogens is 745 g/mol. The zero-order valence-corrected chi connectivity index (χ0v) is 30.2. The van der Waals surface area contributed by atoms with Gasteiger partial charge in [0.1, 0.15) is 24.2 Å². The van der Waals surface area contributed by atoms with Crippen LogP contribution < -0.4 is 32.7 Å². The van der Waals surface area contributed by atoms with Crippen molar-refractivity contribution >= 4 is 47.4 Å². The third-order valence-corrected chi connectivity index (χ3v) is 8.83. The van der Waals surface area contributed by atoms with Crippen LogP contribution in [0, 0.1) is 0 Å². The average Bonchev–Trinajstić information content (AvgIpc) is 3.58. The van der Waals surface area contributed by atoms with Gasteiger partial charge in [0.15, 0.2) is 5.96 Å². The highest BCUT2D eigenvalue weighted by Gasteiger charge is 2.47. The maximum Gasteiger partial charge on any atom is 0.490 e. The van der Waals surface area contributed by atoms with Gasteiger partial charge in [0, 0.05) is 19.1 Å².